The van der Waals surface area contributed by atoms with Gasteiger partial charge in [-0.25, -0.2) is 13.1 Å². The van der Waals surface area contributed by atoms with Crippen LogP contribution in [0.5, 0.6) is 0 Å². The van der Waals surface area contributed by atoms with Crippen molar-refractivity contribution in [1.29, 1.82) is 0 Å². The molecular formula is C11H10ClN5O2S2. The second-order valence-electron chi connectivity index (χ2n) is 4.23. The van der Waals surface area contributed by atoms with Gasteiger partial charge >= 0.3 is 0 Å². The average Bonchev–Trinajstić information content (AvgIpc) is 3.00. The van der Waals surface area contributed by atoms with Crippen molar-refractivity contribution in [2.45, 2.75) is 12.3 Å². The Hall–Kier alpha value is -1.55. The van der Waals surface area contributed by atoms with Crippen LogP contribution < -0.4 is 4.72 Å². The molecule has 0 aliphatic carbocycles. The monoisotopic (exact) mass is 343 g/mol. The fourth-order valence-electron chi connectivity index (χ4n) is 1.72. The van der Waals surface area contributed by atoms with Gasteiger partial charge in [0.15, 0.2) is 0 Å². The molecule has 0 radical (unpaired) electrons. The molecule has 0 fully saturated rings. The summed E-state index contributed by atoms with van der Waals surface area (Å²) in [6, 6.07) is 6.85. The van der Waals surface area contributed by atoms with E-state index in [2.05, 4.69) is 20.0 Å². The number of rotatable bonds is 5. The lowest BCUT2D eigenvalue weighted by Crippen LogP contribution is -2.24. The van der Waals surface area contributed by atoms with Crippen LogP contribution in [-0.2, 0) is 22.3 Å². The van der Waals surface area contributed by atoms with E-state index in [-0.39, 0.29) is 12.3 Å². The smallest absolute Gasteiger partial charge is 0.212 e. The van der Waals surface area contributed by atoms with Crippen molar-refractivity contribution in [3.05, 3.63) is 46.2 Å². The van der Waals surface area contributed by atoms with Crippen LogP contribution in [-0.4, -0.2) is 28.2 Å². The van der Waals surface area contributed by atoms with Gasteiger partial charge in [-0.3, -0.25) is 0 Å². The Morgan fingerprint density at radius 2 is 2.14 bits per heavy atom. The van der Waals surface area contributed by atoms with E-state index in [0.29, 0.717) is 20.6 Å². The van der Waals surface area contributed by atoms with Gasteiger partial charge in [-0.2, -0.15) is 9.61 Å². The number of sulfonamides is 1. The summed E-state index contributed by atoms with van der Waals surface area (Å²) in [6.07, 6.45) is 1.47. The Labute approximate surface area is 129 Å². The van der Waals surface area contributed by atoms with Gasteiger partial charge in [-0.1, -0.05) is 41.1 Å². The maximum Gasteiger partial charge on any atom is 0.234 e. The molecule has 0 amide bonds. The van der Waals surface area contributed by atoms with Crippen molar-refractivity contribution in [2.75, 3.05) is 0 Å². The van der Waals surface area contributed by atoms with Crippen molar-refractivity contribution in [1.82, 2.24) is 24.5 Å². The van der Waals surface area contributed by atoms with Crippen LogP contribution in [0.3, 0.4) is 0 Å². The molecule has 1 N–H and O–H groups in total. The summed E-state index contributed by atoms with van der Waals surface area (Å²) in [7, 11) is -3.49. The molecule has 110 valence electrons. The highest BCUT2D eigenvalue weighted by Crippen LogP contribution is 2.17. The molecular weight excluding hydrogens is 334 g/mol. The largest absolute Gasteiger partial charge is 0.234 e. The van der Waals surface area contributed by atoms with Crippen LogP contribution >= 0.6 is 22.9 Å². The molecule has 0 aliphatic rings. The van der Waals surface area contributed by atoms with Crippen LogP contribution in [0.4, 0.5) is 0 Å². The van der Waals surface area contributed by atoms with Gasteiger partial charge in [0.1, 0.15) is 11.3 Å². The van der Waals surface area contributed by atoms with Gasteiger partial charge in [-0.15, -0.1) is 10.2 Å². The Morgan fingerprint density at radius 1 is 1.33 bits per heavy atom. The number of nitrogens with zero attached hydrogens (tertiary/aromatic N) is 4. The van der Waals surface area contributed by atoms with Crippen molar-refractivity contribution < 1.29 is 8.42 Å². The standard InChI is InChI=1S/C11H10ClN5O2S2/c12-9-4-2-1-3-8(9)6-21(18,19)14-5-10-16-17-7-13-15-11(17)20-10/h1-4,7,14H,5-6H2. The molecule has 3 aromatic rings. The van der Waals surface area contributed by atoms with E-state index in [9.17, 15) is 8.42 Å². The highest BCUT2D eigenvalue weighted by Gasteiger charge is 2.15. The van der Waals surface area contributed by atoms with E-state index in [1.165, 1.54) is 22.2 Å². The first kappa shape index (κ1) is 14.4. The molecule has 0 spiro atoms. The predicted molar refractivity (Wildman–Crippen MR) is 79.6 cm³/mol. The lowest BCUT2D eigenvalue weighted by atomic mass is 10.2. The van der Waals surface area contributed by atoms with Crippen LogP contribution in [0, 0.1) is 0 Å². The predicted octanol–water partition coefficient (Wildman–Crippen LogP) is 1.46. The van der Waals surface area contributed by atoms with Crippen molar-refractivity contribution in [2.24, 2.45) is 0 Å². The third-order valence-corrected chi connectivity index (χ3v) is 5.23. The summed E-state index contributed by atoms with van der Waals surface area (Å²) < 4.78 is 28.1. The van der Waals surface area contributed by atoms with Gasteiger partial charge in [0.25, 0.3) is 0 Å². The third-order valence-electron chi connectivity index (χ3n) is 2.68. The first-order chi connectivity index (χ1) is 10.0. The van der Waals surface area contributed by atoms with E-state index in [4.69, 9.17) is 11.6 Å². The number of aromatic nitrogens is 4. The average molecular weight is 344 g/mol. The van der Waals surface area contributed by atoms with Crippen molar-refractivity contribution in [3.63, 3.8) is 0 Å². The van der Waals surface area contributed by atoms with E-state index < -0.39 is 10.0 Å². The lowest BCUT2D eigenvalue weighted by molar-refractivity contribution is 0.580. The summed E-state index contributed by atoms with van der Waals surface area (Å²) in [4.78, 5) is 0.621. The van der Waals surface area contributed by atoms with Gasteiger partial charge in [0.2, 0.25) is 15.0 Å². The molecule has 2 aromatic heterocycles. The topological polar surface area (TPSA) is 89.2 Å². The second kappa shape index (κ2) is 5.68. The molecule has 0 unspecified atom stereocenters. The number of benzene rings is 1. The zero-order valence-corrected chi connectivity index (χ0v) is 13.0. The molecule has 7 nitrogen and oxygen atoms in total. The number of hydrogen-bond acceptors (Lipinski definition) is 6. The van der Waals surface area contributed by atoms with E-state index in [1.54, 1.807) is 24.3 Å². The zero-order chi connectivity index (χ0) is 14.9. The van der Waals surface area contributed by atoms with E-state index in [1.807, 2.05) is 0 Å². The number of hydrogen-bond donors (Lipinski definition) is 1. The van der Waals surface area contributed by atoms with Crippen LogP contribution in [0.25, 0.3) is 4.96 Å². The fraction of sp³-hybridized carbons (Fsp3) is 0.182. The normalized spacial score (nSPS) is 12.0. The van der Waals surface area contributed by atoms with Gasteiger partial charge in [0.05, 0.1) is 12.3 Å². The SMILES string of the molecule is O=S(=O)(Cc1ccccc1Cl)NCc1nn2cnnc2s1. The molecule has 0 bridgehead atoms. The van der Waals surface area contributed by atoms with Crippen LogP contribution in [0.2, 0.25) is 5.02 Å². The Morgan fingerprint density at radius 3 is 2.90 bits per heavy atom. The number of halogens is 1. The number of fused-ring (bicyclic) bond motifs is 1. The Kier molecular flexibility index (Phi) is 3.89. The molecule has 0 atom stereocenters. The summed E-state index contributed by atoms with van der Waals surface area (Å²) >= 11 is 7.24. The highest BCUT2D eigenvalue weighted by atomic mass is 35.5. The summed E-state index contributed by atoms with van der Waals surface area (Å²) in [6.45, 7) is 0.112. The lowest BCUT2D eigenvalue weighted by Gasteiger charge is -2.06. The molecule has 0 saturated carbocycles. The maximum atomic E-state index is 12.1. The zero-order valence-electron chi connectivity index (χ0n) is 10.6. The second-order valence-corrected chi connectivity index (χ2v) is 7.48. The van der Waals surface area contributed by atoms with Crippen molar-refractivity contribution in [3.8, 4) is 0 Å². The minimum Gasteiger partial charge on any atom is -0.212 e. The van der Waals surface area contributed by atoms with E-state index in [0.717, 1.165) is 0 Å². The van der Waals surface area contributed by atoms with Gasteiger partial charge in [0, 0.05) is 5.02 Å². The van der Waals surface area contributed by atoms with Gasteiger partial charge in [-0.05, 0) is 11.6 Å². The molecule has 1 aromatic carbocycles. The van der Waals surface area contributed by atoms with E-state index >= 15 is 0 Å². The van der Waals surface area contributed by atoms with Crippen LogP contribution in [0.1, 0.15) is 10.6 Å². The fourth-order valence-corrected chi connectivity index (χ4v) is 3.96. The summed E-state index contributed by atoms with van der Waals surface area (Å²) in [5, 5.41) is 12.7. The van der Waals surface area contributed by atoms with Crippen LogP contribution in [0.15, 0.2) is 30.6 Å². The molecule has 10 heteroatoms. The Balaban J connectivity index is 1.69. The minimum absolute atomic E-state index is 0.112. The van der Waals surface area contributed by atoms with Crippen molar-refractivity contribution >= 4 is 37.9 Å². The molecule has 0 aliphatic heterocycles. The highest BCUT2D eigenvalue weighted by molar-refractivity contribution is 7.88. The quantitative estimate of drug-likeness (QED) is 0.757. The molecule has 2 heterocycles. The minimum atomic E-state index is -3.49. The maximum absolute atomic E-state index is 12.1. The molecule has 21 heavy (non-hydrogen) atoms. The Bertz CT molecular complexity index is 845. The third kappa shape index (κ3) is 3.38. The summed E-state index contributed by atoms with van der Waals surface area (Å²) in [5.74, 6) is -0.170. The number of nitrogens with one attached hydrogen (secondary N) is 1. The molecule has 0 saturated heterocycles. The van der Waals surface area contributed by atoms with Gasteiger partial charge < -0.3 is 0 Å². The molecule has 3 rings (SSSR count). The summed E-state index contributed by atoms with van der Waals surface area (Å²) in [5.41, 5.74) is 0.560. The first-order valence-corrected chi connectivity index (χ1v) is 8.75. The first-order valence-electron chi connectivity index (χ1n) is 5.90.